The minimum atomic E-state index is -0.685. The first-order valence-corrected chi connectivity index (χ1v) is 5.34. The first-order chi connectivity index (χ1) is 8.04. The number of rotatable bonds is 6. The van der Waals surface area contributed by atoms with E-state index >= 15 is 0 Å². The van der Waals surface area contributed by atoms with Crippen LogP contribution >= 0.6 is 0 Å². The third kappa shape index (κ3) is 3.57. The summed E-state index contributed by atoms with van der Waals surface area (Å²) in [5, 5.41) is 21.1. The van der Waals surface area contributed by atoms with E-state index in [-0.39, 0.29) is 25.4 Å². The maximum atomic E-state index is 13.4. The van der Waals surface area contributed by atoms with Gasteiger partial charge in [-0.1, -0.05) is 6.92 Å². The molecule has 5 heteroatoms. The first-order valence-electron chi connectivity index (χ1n) is 5.34. The monoisotopic (exact) mass is 243 g/mol. The van der Waals surface area contributed by atoms with E-state index in [0.29, 0.717) is 5.75 Å². The van der Waals surface area contributed by atoms with Crippen molar-refractivity contribution in [2.45, 2.75) is 6.92 Å². The standard InChI is InChI=1S/C12H18FNO3/c1-12(7-15,8-16)6-14-11-5-9(17-2)3-4-10(11)13/h3-5,14-16H,6-8H2,1-2H3. The Hall–Kier alpha value is -1.33. The third-order valence-corrected chi connectivity index (χ3v) is 2.64. The zero-order valence-corrected chi connectivity index (χ0v) is 10.0. The second-order valence-corrected chi connectivity index (χ2v) is 4.33. The molecule has 0 unspecified atom stereocenters. The van der Waals surface area contributed by atoms with E-state index in [0.717, 1.165) is 0 Å². The Labute approximate surface area is 100 Å². The number of nitrogens with one attached hydrogen (secondary N) is 1. The van der Waals surface area contributed by atoms with Crippen molar-refractivity contribution in [3.8, 4) is 5.75 Å². The Bertz CT molecular complexity index is 367. The van der Waals surface area contributed by atoms with Gasteiger partial charge in [0.05, 0.1) is 26.0 Å². The number of ether oxygens (including phenoxy) is 1. The molecule has 3 N–H and O–H groups in total. The number of anilines is 1. The van der Waals surface area contributed by atoms with Gasteiger partial charge in [0.1, 0.15) is 11.6 Å². The van der Waals surface area contributed by atoms with Gasteiger partial charge in [-0.25, -0.2) is 4.39 Å². The predicted octanol–water partition coefficient (Wildman–Crippen LogP) is 1.24. The second-order valence-electron chi connectivity index (χ2n) is 4.33. The molecule has 0 amide bonds. The summed E-state index contributed by atoms with van der Waals surface area (Å²) in [4.78, 5) is 0. The molecule has 1 rings (SSSR count). The normalized spacial score (nSPS) is 11.4. The lowest BCUT2D eigenvalue weighted by Gasteiger charge is -2.25. The largest absolute Gasteiger partial charge is 0.497 e. The Morgan fingerprint density at radius 1 is 1.35 bits per heavy atom. The molecule has 96 valence electrons. The van der Waals surface area contributed by atoms with Gasteiger partial charge in [0.25, 0.3) is 0 Å². The van der Waals surface area contributed by atoms with E-state index in [2.05, 4.69) is 5.32 Å². The van der Waals surface area contributed by atoms with Gasteiger partial charge < -0.3 is 20.3 Å². The van der Waals surface area contributed by atoms with E-state index < -0.39 is 11.2 Å². The zero-order valence-electron chi connectivity index (χ0n) is 10.0. The van der Waals surface area contributed by atoms with Gasteiger partial charge >= 0.3 is 0 Å². The molecule has 0 aliphatic carbocycles. The van der Waals surface area contributed by atoms with Crippen LogP contribution in [0, 0.1) is 11.2 Å². The highest BCUT2D eigenvalue weighted by atomic mass is 19.1. The Morgan fingerprint density at radius 3 is 2.53 bits per heavy atom. The van der Waals surface area contributed by atoms with Gasteiger partial charge in [-0.05, 0) is 12.1 Å². The summed E-state index contributed by atoms with van der Waals surface area (Å²) in [6.45, 7) is 1.62. The maximum Gasteiger partial charge on any atom is 0.146 e. The predicted molar refractivity (Wildman–Crippen MR) is 63.7 cm³/mol. The smallest absolute Gasteiger partial charge is 0.146 e. The Morgan fingerprint density at radius 2 is 2.00 bits per heavy atom. The van der Waals surface area contributed by atoms with Crippen molar-refractivity contribution >= 4 is 5.69 Å². The van der Waals surface area contributed by atoms with Crippen LogP contribution in [-0.4, -0.2) is 37.1 Å². The van der Waals surface area contributed by atoms with Crippen molar-refractivity contribution in [2.24, 2.45) is 5.41 Å². The lowest BCUT2D eigenvalue weighted by atomic mass is 9.93. The fourth-order valence-corrected chi connectivity index (χ4v) is 1.24. The second kappa shape index (κ2) is 5.84. The summed E-state index contributed by atoms with van der Waals surface area (Å²) >= 11 is 0. The van der Waals surface area contributed by atoms with Crippen molar-refractivity contribution in [2.75, 3.05) is 32.2 Å². The van der Waals surface area contributed by atoms with E-state index in [1.807, 2.05) is 0 Å². The molecule has 0 heterocycles. The molecular formula is C12H18FNO3. The van der Waals surface area contributed by atoms with Gasteiger partial charge in [0, 0.05) is 18.0 Å². The SMILES string of the molecule is COc1ccc(F)c(NCC(C)(CO)CO)c1. The van der Waals surface area contributed by atoms with E-state index in [1.54, 1.807) is 6.92 Å². The van der Waals surface area contributed by atoms with Crippen LogP contribution in [0.25, 0.3) is 0 Å². The quantitative estimate of drug-likeness (QED) is 0.703. The van der Waals surface area contributed by atoms with Gasteiger partial charge in [0.15, 0.2) is 0 Å². The van der Waals surface area contributed by atoms with Crippen LogP contribution < -0.4 is 10.1 Å². The number of methoxy groups -OCH3 is 1. The molecule has 0 aliphatic rings. The van der Waals surface area contributed by atoms with E-state index in [9.17, 15) is 4.39 Å². The molecule has 0 saturated heterocycles. The summed E-state index contributed by atoms with van der Waals surface area (Å²) in [6.07, 6.45) is 0. The first kappa shape index (κ1) is 13.7. The minimum Gasteiger partial charge on any atom is -0.497 e. The fraction of sp³-hybridized carbons (Fsp3) is 0.500. The molecule has 0 aromatic heterocycles. The summed E-state index contributed by atoms with van der Waals surface area (Å²) in [5.41, 5.74) is -0.396. The number of aliphatic hydroxyl groups excluding tert-OH is 2. The Kier molecular flexibility index (Phi) is 4.72. The van der Waals surface area contributed by atoms with Gasteiger partial charge in [0.2, 0.25) is 0 Å². The van der Waals surface area contributed by atoms with Crippen LogP contribution in [0.1, 0.15) is 6.92 Å². The molecular weight excluding hydrogens is 225 g/mol. The Balaban J connectivity index is 2.74. The third-order valence-electron chi connectivity index (χ3n) is 2.64. The molecule has 0 fully saturated rings. The van der Waals surface area contributed by atoms with E-state index in [1.165, 1.54) is 25.3 Å². The molecule has 17 heavy (non-hydrogen) atoms. The topological polar surface area (TPSA) is 61.7 Å². The van der Waals surface area contributed by atoms with E-state index in [4.69, 9.17) is 14.9 Å². The highest BCUT2D eigenvalue weighted by molar-refractivity contribution is 5.49. The fourth-order valence-electron chi connectivity index (χ4n) is 1.24. The van der Waals surface area contributed by atoms with Crippen LogP contribution in [0.2, 0.25) is 0 Å². The molecule has 0 bridgehead atoms. The van der Waals surface area contributed by atoms with Crippen molar-refractivity contribution in [1.82, 2.24) is 0 Å². The number of halogens is 1. The van der Waals surface area contributed by atoms with Crippen molar-refractivity contribution < 1.29 is 19.3 Å². The highest BCUT2D eigenvalue weighted by Gasteiger charge is 2.22. The molecule has 0 atom stereocenters. The van der Waals surface area contributed by atoms with Crippen molar-refractivity contribution in [3.63, 3.8) is 0 Å². The van der Waals surface area contributed by atoms with Gasteiger partial charge in [-0.2, -0.15) is 0 Å². The van der Waals surface area contributed by atoms with Gasteiger partial charge in [-0.3, -0.25) is 0 Å². The zero-order chi connectivity index (χ0) is 12.9. The maximum absolute atomic E-state index is 13.4. The van der Waals surface area contributed by atoms with Gasteiger partial charge in [-0.15, -0.1) is 0 Å². The summed E-state index contributed by atoms with van der Waals surface area (Å²) < 4.78 is 18.4. The average Bonchev–Trinajstić information content (AvgIpc) is 2.37. The lowest BCUT2D eigenvalue weighted by molar-refractivity contribution is 0.0806. The highest BCUT2D eigenvalue weighted by Crippen LogP contribution is 2.23. The molecule has 0 radical (unpaired) electrons. The molecule has 0 spiro atoms. The number of hydrogen-bond acceptors (Lipinski definition) is 4. The van der Waals surface area contributed by atoms with Crippen LogP contribution in [-0.2, 0) is 0 Å². The van der Waals surface area contributed by atoms with Crippen LogP contribution in [0.4, 0.5) is 10.1 Å². The van der Waals surface area contributed by atoms with Crippen molar-refractivity contribution in [1.29, 1.82) is 0 Å². The molecule has 0 saturated carbocycles. The summed E-state index contributed by atoms with van der Waals surface area (Å²) in [6, 6.07) is 4.36. The lowest BCUT2D eigenvalue weighted by Crippen LogP contribution is -2.34. The number of aliphatic hydroxyl groups is 2. The average molecular weight is 243 g/mol. The molecule has 0 aliphatic heterocycles. The number of hydrogen-bond donors (Lipinski definition) is 3. The molecule has 4 nitrogen and oxygen atoms in total. The van der Waals surface area contributed by atoms with Crippen molar-refractivity contribution in [3.05, 3.63) is 24.0 Å². The number of benzene rings is 1. The minimum absolute atomic E-state index is 0.178. The van der Waals surface area contributed by atoms with Crippen LogP contribution in [0.15, 0.2) is 18.2 Å². The molecule has 1 aromatic carbocycles. The summed E-state index contributed by atoms with van der Waals surface area (Å²) in [7, 11) is 1.50. The van der Waals surface area contributed by atoms with Crippen LogP contribution in [0.5, 0.6) is 5.75 Å². The summed E-state index contributed by atoms with van der Waals surface area (Å²) in [5.74, 6) is 0.146. The molecule has 1 aromatic rings. The van der Waals surface area contributed by atoms with Crippen LogP contribution in [0.3, 0.4) is 0 Å².